The maximum atomic E-state index is 6.08. The van der Waals surface area contributed by atoms with E-state index in [0.29, 0.717) is 0 Å². The molecule has 0 heterocycles. The molecule has 2 aromatic carbocycles. The molecule has 2 nitrogen and oxygen atoms in total. The van der Waals surface area contributed by atoms with Crippen molar-refractivity contribution in [2.45, 2.75) is 26.3 Å². The van der Waals surface area contributed by atoms with Crippen LogP contribution in [0, 0.1) is 13.8 Å². The van der Waals surface area contributed by atoms with E-state index in [1.807, 2.05) is 25.2 Å². The number of hydrogen-bond donors (Lipinski definition) is 1. The molecule has 0 aliphatic heterocycles. The van der Waals surface area contributed by atoms with E-state index in [0.717, 1.165) is 22.8 Å². The second-order valence-electron chi connectivity index (χ2n) is 5.35. The SMILES string of the molecule is CNC(Cc1cccc(Cl)c1)c1cc(C)c(OC)cc1C. The van der Waals surface area contributed by atoms with Crippen molar-refractivity contribution in [3.8, 4) is 5.75 Å². The summed E-state index contributed by atoms with van der Waals surface area (Å²) in [6, 6.07) is 12.6. The van der Waals surface area contributed by atoms with Crippen LogP contribution in [-0.4, -0.2) is 14.2 Å². The molecule has 0 aliphatic carbocycles. The minimum Gasteiger partial charge on any atom is -0.496 e. The van der Waals surface area contributed by atoms with E-state index in [9.17, 15) is 0 Å². The van der Waals surface area contributed by atoms with Gasteiger partial charge in [0.25, 0.3) is 0 Å². The third-order valence-electron chi connectivity index (χ3n) is 3.84. The average molecular weight is 304 g/mol. The summed E-state index contributed by atoms with van der Waals surface area (Å²) in [5.41, 5.74) is 4.92. The van der Waals surface area contributed by atoms with Crippen molar-refractivity contribution < 1.29 is 4.74 Å². The van der Waals surface area contributed by atoms with E-state index in [1.54, 1.807) is 7.11 Å². The highest BCUT2D eigenvalue weighted by Crippen LogP contribution is 2.28. The van der Waals surface area contributed by atoms with Gasteiger partial charge in [0.15, 0.2) is 0 Å². The molecule has 1 atom stereocenters. The minimum atomic E-state index is 0.257. The highest BCUT2D eigenvalue weighted by molar-refractivity contribution is 6.30. The third-order valence-corrected chi connectivity index (χ3v) is 4.07. The van der Waals surface area contributed by atoms with Gasteiger partial charge in [-0.15, -0.1) is 0 Å². The first-order valence-electron chi connectivity index (χ1n) is 7.12. The predicted octanol–water partition coefficient (Wildman–Crippen LogP) is 4.47. The fourth-order valence-corrected chi connectivity index (χ4v) is 2.89. The zero-order valence-electron chi connectivity index (χ0n) is 13.0. The molecule has 0 aromatic heterocycles. The summed E-state index contributed by atoms with van der Waals surface area (Å²) in [5, 5.41) is 4.19. The molecule has 2 rings (SSSR count). The number of methoxy groups -OCH3 is 1. The second-order valence-corrected chi connectivity index (χ2v) is 5.79. The van der Waals surface area contributed by atoms with Gasteiger partial charge in [-0.05, 0) is 67.8 Å². The van der Waals surface area contributed by atoms with Crippen LogP contribution in [0.1, 0.15) is 28.3 Å². The number of hydrogen-bond acceptors (Lipinski definition) is 2. The van der Waals surface area contributed by atoms with E-state index in [1.165, 1.54) is 16.7 Å². The van der Waals surface area contributed by atoms with E-state index >= 15 is 0 Å². The van der Waals surface area contributed by atoms with Gasteiger partial charge < -0.3 is 10.1 Å². The van der Waals surface area contributed by atoms with Crippen LogP contribution in [0.3, 0.4) is 0 Å². The van der Waals surface area contributed by atoms with Gasteiger partial charge in [0, 0.05) is 11.1 Å². The summed E-state index contributed by atoms with van der Waals surface area (Å²) in [6.07, 6.45) is 0.906. The summed E-state index contributed by atoms with van der Waals surface area (Å²) in [6.45, 7) is 4.20. The first kappa shape index (κ1) is 15.9. The quantitative estimate of drug-likeness (QED) is 0.880. The lowest BCUT2D eigenvalue weighted by atomic mass is 9.93. The molecule has 21 heavy (non-hydrogen) atoms. The minimum absolute atomic E-state index is 0.257. The first-order valence-corrected chi connectivity index (χ1v) is 7.49. The number of nitrogens with one attached hydrogen (secondary N) is 1. The summed E-state index contributed by atoms with van der Waals surface area (Å²) >= 11 is 6.08. The highest BCUT2D eigenvalue weighted by atomic mass is 35.5. The molecule has 0 amide bonds. The number of benzene rings is 2. The number of rotatable bonds is 5. The number of halogens is 1. The fourth-order valence-electron chi connectivity index (χ4n) is 2.67. The lowest BCUT2D eigenvalue weighted by Crippen LogP contribution is -2.20. The van der Waals surface area contributed by atoms with Crippen LogP contribution in [0.5, 0.6) is 5.75 Å². The Morgan fingerprint density at radius 1 is 1.14 bits per heavy atom. The van der Waals surface area contributed by atoms with Gasteiger partial charge in [-0.25, -0.2) is 0 Å². The van der Waals surface area contributed by atoms with Crippen LogP contribution in [-0.2, 0) is 6.42 Å². The molecule has 1 N–H and O–H groups in total. The van der Waals surface area contributed by atoms with Crippen molar-refractivity contribution in [2.75, 3.05) is 14.2 Å². The molecule has 1 unspecified atom stereocenters. The predicted molar refractivity (Wildman–Crippen MR) is 89.4 cm³/mol. The maximum Gasteiger partial charge on any atom is 0.122 e. The van der Waals surface area contributed by atoms with Crippen LogP contribution in [0.2, 0.25) is 5.02 Å². The average Bonchev–Trinajstić information content (AvgIpc) is 2.47. The molecule has 0 bridgehead atoms. The number of aryl methyl sites for hydroxylation is 2. The molecule has 2 aromatic rings. The van der Waals surface area contributed by atoms with Gasteiger partial charge in [-0.2, -0.15) is 0 Å². The number of ether oxygens (including phenoxy) is 1. The van der Waals surface area contributed by atoms with Crippen LogP contribution in [0.25, 0.3) is 0 Å². The van der Waals surface area contributed by atoms with Gasteiger partial charge in [0.2, 0.25) is 0 Å². The molecule has 112 valence electrons. The third kappa shape index (κ3) is 3.78. The monoisotopic (exact) mass is 303 g/mol. The summed E-state index contributed by atoms with van der Waals surface area (Å²) < 4.78 is 5.39. The lowest BCUT2D eigenvalue weighted by Gasteiger charge is -2.21. The van der Waals surface area contributed by atoms with Crippen LogP contribution in [0.4, 0.5) is 0 Å². The Balaban J connectivity index is 2.31. The zero-order chi connectivity index (χ0) is 15.4. The molecule has 0 spiro atoms. The van der Waals surface area contributed by atoms with Crippen molar-refractivity contribution in [1.82, 2.24) is 5.32 Å². The lowest BCUT2D eigenvalue weighted by molar-refractivity contribution is 0.410. The summed E-state index contributed by atoms with van der Waals surface area (Å²) in [5.74, 6) is 0.939. The molecule has 0 saturated carbocycles. The maximum absolute atomic E-state index is 6.08. The van der Waals surface area contributed by atoms with Gasteiger partial charge in [0.05, 0.1) is 7.11 Å². The van der Waals surface area contributed by atoms with Crippen molar-refractivity contribution in [3.05, 3.63) is 63.7 Å². The van der Waals surface area contributed by atoms with Gasteiger partial charge >= 0.3 is 0 Å². The van der Waals surface area contributed by atoms with Gasteiger partial charge in [0.1, 0.15) is 5.75 Å². The topological polar surface area (TPSA) is 21.3 Å². The Morgan fingerprint density at radius 3 is 2.52 bits per heavy atom. The van der Waals surface area contributed by atoms with Crippen molar-refractivity contribution in [2.24, 2.45) is 0 Å². The van der Waals surface area contributed by atoms with E-state index in [2.05, 4.69) is 37.4 Å². The number of likely N-dealkylation sites (N-methyl/N-ethyl adjacent to an activating group) is 1. The Kier molecular flexibility index (Phi) is 5.27. The molecule has 0 aliphatic rings. The Labute approximate surface area is 132 Å². The Hall–Kier alpha value is -1.51. The fraction of sp³-hybridized carbons (Fsp3) is 0.333. The van der Waals surface area contributed by atoms with Crippen LogP contribution >= 0.6 is 11.6 Å². The van der Waals surface area contributed by atoms with Crippen LogP contribution in [0.15, 0.2) is 36.4 Å². The van der Waals surface area contributed by atoms with E-state index in [4.69, 9.17) is 16.3 Å². The highest BCUT2D eigenvalue weighted by Gasteiger charge is 2.15. The van der Waals surface area contributed by atoms with Crippen molar-refractivity contribution in [3.63, 3.8) is 0 Å². The summed E-state index contributed by atoms with van der Waals surface area (Å²) in [4.78, 5) is 0. The summed E-state index contributed by atoms with van der Waals surface area (Å²) in [7, 11) is 3.71. The zero-order valence-corrected chi connectivity index (χ0v) is 13.8. The Bertz CT molecular complexity index is 625. The van der Waals surface area contributed by atoms with Gasteiger partial charge in [-0.3, -0.25) is 0 Å². The molecule has 0 fully saturated rings. The normalized spacial score (nSPS) is 12.2. The van der Waals surface area contributed by atoms with E-state index in [-0.39, 0.29) is 6.04 Å². The smallest absolute Gasteiger partial charge is 0.122 e. The molecule has 0 radical (unpaired) electrons. The molecule has 0 saturated heterocycles. The molecular weight excluding hydrogens is 282 g/mol. The van der Waals surface area contributed by atoms with Crippen LogP contribution < -0.4 is 10.1 Å². The van der Waals surface area contributed by atoms with Crippen molar-refractivity contribution >= 4 is 11.6 Å². The van der Waals surface area contributed by atoms with Gasteiger partial charge in [-0.1, -0.05) is 29.8 Å². The second kappa shape index (κ2) is 6.97. The molecular formula is C18H22ClNO. The largest absolute Gasteiger partial charge is 0.496 e. The van der Waals surface area contributed by atoms with Crippen molar-refractivity contribution in [1.29, 1.82) is 0 Å². The van der Waals surface area contributed by atoms with E-state index < -0.39 is 0 Å². The molecule has 3 heteroatoms. The first-order chi connectivity index (χ1) is 10.0. The Morgan fingerprint density at radius 2 is 1.90 bits per heavy atom. The standard InChI is InChI=1S/C18H22ClNO/c1-12-9-18(21-4)13(2)8-16(12)17(20-3)11-14-6-5-7-15(19)10-14/h5-10,17,20H,11H2,1-4H3.